The van der Waals surface area contributed by atoms with Gasteiger partial charge in [-0.05, 0) is 12.1 Å². The summed E-state index contributed by atoms with van der Waals surface area (Å²) < 4.78 is 29.4. The van der Waals surface area contributed by atoms with Gasteiger partial charge < -0.3 is 0 Å². The highest BCUT2D eigenvalue weighted by molar-refractivity contribution is 7.99. The standard InChI is InChI=1S/C20H19F2N3OS/c1-20(2,3)17(26)12-27-19-24-23-18(13-7-5-4-6-8-13)25(19)16-10-9-14(21)11-15(16)22/h4-11H,12H2,1-3H3. The summed E-state index contributed by atoms with van der Waals surface area (Å²) in [5.74, 6) is -0.743. The molecule has 3 aromatic rings. The van der Waals surface area contributed by atoms with E-state index in [0.717, 1.165) is 11.6 Å². The molecule has 0 bridgehead atoms. The normalized spacial score (nSPS) is 11.6. The smallest absolute Gasteiger partial charge is 0.196 e. The van der Waals surface area contributed by atoms with Gasteiger partial charge in [0.05, 0.1) is 11.4 Å². The van der Waals surface area contributed by atoms with E-state index < -0.39 is 17.0 Å². The van der Waals surface area contributed by atoms with Crippen molar-refractivity contribution < 1.29 is 13.6 Å². The number of rotatable bonds is 5. The van der Waals surface area contributed by atoms with Crippen LogP contribution in [0.15, 0.2) is 53.7 Å². The molecule has 0 radical (unpaired) electrons. The number of carbonyl (C=O) groups excluding carboxylic acids is 1. The van der Waals surface area contributed by atoms with E-state index in [1.807, 2.05) is 51.1 Å². The van der Waals surface area contributed by atoms with Crippen LogP contribution >= 0.6 is 11.8 Å². The number of hydrogen-bond donors (Lipinski definition) is 0. The lowest BCUT2D eigenvalue weighted by atomic mass is 9.92. The van der Waals surface area contributed by atoms with Gasteiger partial charge in [-0.1, -0.05) is 62.9 Å². The minimum Gasteiger partial charge on any atom is -0.298 e. The van der Waals surface area contributed by atoms with Gasteiger partial charge in [-0.15, -0.1) is 10.2 Å². The van der Waals surface area contributed by atoms with Crippen LogP contribution in [0.3, 0.4) is 0 Å². The summed E-state index contributed by atoms with van der Waals surface area (Å²) in [7, 11) is 0. The highest BCUT2D eigenvalue weighted by Crippen LogP contribution is 2.30. The summed E-state index contributed by atoms with van der Waals surface area (Å²) in [6, 6.07) is 12.5. The molecule has 3 rings (SSSR count). The Morgan fingerprint density at radius 2 is 1.78 bits per heavy atom. The molecule has 0 unspecified atom stereocenters. The number of Topliss-reactive ketones (excluding diaryl/α,β-unsaturated/α-hetero) is 1. The van der Waals surface area contributed by atoms with Gasteiger partial charge in [-0.25, -0.2) is 8.78 Å². The third-order valence-corrected chi connectivity index (χ3v) is 4.91. The Hall–Kier alpha value is -2.54. The van der Waals surface area contributed by atoms with Crippen LogP contribution in [-0.2, 0) is 4.79 Å². The molecular weight excluding hydrogens is 368 g/mol. The van der Waals surface area contributed by atoms with Crippen molar-refractivity contribution in [2.45, 2.75) is 25.9 Å². The first-order valence-electron chi connectivity index (χ1n) is 8.40. The van der Waals surface area contributed by atoms with Crippen molar-refractivity contribution in [1.29, 1.82) is 0 Å². The largest absolute Gasteiger partial charge is 0.298 e. The first kappa shape index (κ1) is 19.2. The fraction of sp³-hybridized carbons (Fsp3) is 0.250. The maximum Gasteiger partial charge on any atom is 0.196 e. The third kappa shape index (κ3) is 4.24. The molecule has 140 valence electrons. The van der Waals surface area contributed by atoms with Crippen molar-refractivity contribution in [3.63, 3.8) is 0 Å². The molecule has 0 atom stereocenters. The SMILES string of the molecule is CC(C)(C)C(=O)CSc1nnc(-c2ccccc2)n1-c1ccc(F)cc1F. The topological polar surface area (TPSA) is 47.8 Å². The van der Waals surface area contributed by atoms with Gasteiger partial charge >= 0.3 is 0 Å². The first-order valence-corrected chi connectivity index (χ1v) is 9.38. The molecular formula is C20H19F2N3OS. The number of aromatic nitrogens is 3. The Bertz CT molecular complexity index is 965. The second-order valence-electron chi connectivity index (χ2n) is 7.07. The molecule has 0 aliphatic rings. The van der Waals surface area contributed by atoms with Crippen LogP contribution in [-0.4, -0.2) is 26.3 Å². The Morgan fingerprint density at radius 1 is 1.07 bits per heavy atom. The van der Waals surface area contributed by atoms with Crippen molar-refractivity contribution >= 4 is 17.5 Å². The van der Waals surface area contributed by atoms with Gasteiger partial charge in [-0.3, -0.25) is 9.36 Å². The average molecular weight is 387 g/mol. The van der Waals surface area contributed by atoms with Crippen LogP contribution in [0.4, 0.5) is 8.78 Å². The van der Waals surface area contributed by atoms with E-state index in [1.165, 1.54) is 28.5 Å². The van der Waals surface area contributed by atoms with Crippen LogP contribution in [0.25, 0.3) is 17.1 Å². The van der Waals surface area contributed by atoms with Gasteiger partial charge in [-0.2, -0.15) is 0 Å². The zero-order valence-corrected chi connectivity index (χ0v) is 16.1. The molecule has 4 nitrogen and oxygen atoms in total. The molecule has 7 heteroatoms. The molecule has 0 saturated heterocycles. The van der Waals surface area contributed by atoms with Gasteiger partial charge in [0, 0.05) is 17.0 Å². The van der Waals surface area contributed by atoms with Gasteiger partial charge in [0.2, 0.25) is 0 Å². The maximum absolute atomic E-state index is 14.5. The maximum atomic E-state index is 14.5. The summed E-state index contributed by atoms with van der Waals surface area (Å²) >= 11 is 1.18. The number of ketones is 1. The molecule has 27 heavy (non-hydrogen) atoms. The molecule has 0 amide bonds. The quantitative estimate of drug-likeness (QED) is 0.583. The third-order valence-electron chi connectivity index (χ3n) is 3.98. The number of carbonyl (C=O) groups is 1. The molecule has 0 aliphatic heterocycles. The van der Waals surface area contributed by atoms with Crippen LogP contribution < -0.4 is 0 Å². The second kappa shape index (κ2) is 7.60. The molecule has 1 aromatic heterocycles. The van der Waals surface area contributed by atoms with Gasteiger partial charge in [0.15, 0.2) is 11.0 Å². The fourth-order valence-electron chi connectivity index (χ4n) is 2.36. The van der Waals surface area contributed by atoms with Crippen molar-refractivity contribution in [3.05, 3.63) is 60.2 Å². The summed E-state index contributed by atoms with van der Waals surface area (Å²) in [6.45, 7) is 5.53. The number of hydrogen-bond acceptors (Lipinski definition) is 4. The summed E-state index contributed by atoms with van der Waals surface area (Å²) in [5, 5.41) is 8.71. The first-order chi connectivity index (χ1) is 12.8. The number of benzene rings is 2. The van der Waals surface area contributed by atoms with E-state index in [2.05, 4.69) is 10.2 Å². The fourth-order valence-corrected chi connectivity index (χ4v) is 3.47. The lowest BCUT2D eigenvalue weighted by molar-refractivity contribution is -0.123. The van der Waals surface area contributed by atoms with Crippen molar-refractivity contribution in [2.75, 3.05) is 5.75 Å². The Labute approximate surface area is 160 Å². The molecule has 0 aliphatic carbocycles. The Kier molecular flexibility index (Phi) is 5.41. The zero-order valence-electron chi connectivity index (χ0n) is 15.2. The summed E-state index contributed by atoms with van der Waals surface area (Å²) in [5.41, 5.74) is 0.384. The molecule has 0 saturated carbocycles. The van der Waals surface area contributed by atoms with E-state index in [9.17, 15) is 13.6 Å². The van der Waals surface area contributed by atoms with Crippen LogP contribution in [0.1, 0.15) is 20.8 Å². The highest BCUT2D eigenvalue weighted by atomic mass is 32.2. The molecule has 0 N–H and O–H groups in total. The minimum absolute atomic E-state index is 0.0443. The number of halogens is 2. The number of thioether (sulfide) groups is 1. The van der Waals surface area contributed by atoms with E-state index in [1.54, 1.807) is 0 Å². The molecule has 0 spiro atoms. The van der Waals surface area contributed by atoms with Crippen molar-refractivity contribution in [3.8, 4) is 17.1 Å². The van der Waals surface area contributed by atoms with E-state index in [-0.39, 0.29) is 17.2 Å². The predicted octanol–water partition coefficient (Wildman–Crippen LogP) is 4.92. The Morgan fingerprint density at radius 3 is 2.41 bits per heavy atom. The van der Waals surface area contributed by atoms with Gasteiger partial charge in [0.1, 0.15) is 17.4 Å². The van der Waals surface area contributed by atoms with Crippen LogP contribution in [0, 0.1) is 17.0 Å². The molecule has 0 fully saturated rings. The van der Waals surface area contributed by atoms with E-state index in [0.29, 0.717) is 11.0 Å². The molecule has 2 aromatic carbocycles. The highest BCUT2D eigenvalue weighted by Gasteiger charge is 2.24. The molecule has 1 heterocycles. The van der Waals surface area contributed by atoms with Crippen molar-refractivity contribution in [2.24, 2.45) is 5.41 Å². The summed E-state index contributed by atoms with van der Waals surface area (Å²) in [6.07, 6.45) is 0. The average Bonchev–Trinajstić information content (AvgIpc) is 3.03. The van der Waals surface area contributed by atoms with E-state index in [4.69, 9.17) is 0 Å². The van der Waals surface area contributed by atoms with E-state index >= 15 is 0 Å². The van der Waals surface area contributed by atoms with Gasteiger partial charge in [0.25, 0.3) is 0 Å². The van der Waals surface area contributed by atoms with Crippen LogP contribution in [0.2, 0.25) is 0 Å². The zero-order chi connectivity index (χ0) is 19.6. The summed E-state index contributed by atoms with van der Waals surface area (Å²) in [4.78, 5) is 12.3. The van der Waals surface area contributed by atoms with Crippen molar-refractivity contribution in [1.82, 2.24) is 14.8 Å². The van der Waals surface area contributed by atoms with Crippen LogP contribution in [0.5, 0.6) is 0 Å². The lowest BCUT2D eigenvalue weighted by Crippen LogP contribution is -2.22. The number of nitrogens with zero attached hydrogens (tertiary/aromatic N) is 3. The minimum atomic E-state index is -0.726. The predicted molar refractivity (Wildman–Crippen MR) is 102 cm³/mol. The lowest BCUT2D eigenvalue weighted by Gasteiger charge is -2.16. The monoisotopic (exact) mass is 387 g/mol. The Balaban J connectivity index is 2.07. The second-order valence-corrected chi connectivity index (χ2v) is 8.01.